The fourth-order valence-electron chi connectivity index (χ4n) is 9.77. The molecule has 2 spiro atoms. The van der Waals surface area contributed by atoms with Gasteiger partial charge in [0.25, 0.3) is 11.8 Å². The van der Waals surface area contributed by atoms with E-state index in [1.165, 1.54) is 51.7 Å². The number of halogens is 4. The summed E-state index contributed by atoms with van der Waals surface area (Å²) in [6.07, 6.45) is 7.24. The van der Waals surface area contributed by atoms with Gasteiger partial charge in [0.2, 0.25) is 0 Å². The summed E-state index contributed by atoms with van der Waals surface area (Å²) in [7, 11) is 0. The van der Waals surface area contributed by atoms with Gasteiger partial charge in [0.15, 0.2) is 0 Å². The molecule has 6 fully saturated rings. The summed E-state index contributed by atoms with van der Waals surface area (Å²) in [5.74, 6) is -4.46. The van der Waals surface area contributed by atoms with Crippen molar-refractivity contribution in [3.8, 4) is 0 Å². The molecule has 286 valence electrons. The van der Waals surface area contributed by atoms with Gasteiger partial charge in [0, 0.05) is 63.8 Å². The maximum atomic E-state index is 14.8. The molecule has 0 saturated carbocycles. The number of hydrogen-bond donors (Lipinski definition) is 0. The SMILES string of the molecule is CC(C)CN1CCC(CN2CCC3(CC2)CN(C(C)C)C3)C(F)(F)C1.CCCN1CCC(CN2CCC3(CN(C(C)C)C3)C(F)(F)C2)CC1. The zero-order valence-electron chi connectivity index (χ0n) is 32.3. The fraction of sp³-hybridized carbons (Fsp3) is 1.00. The minimum absolute atomic E-state index is 0.0197. The van der Waals surface area contributed by atoms with Crippen LogP contribution in [0.1, 0.15) is 93.4 Å². The van der Waals surface area contributed by atoms with E-state index in [9.17, 15) is 17.6 Å². The van der Waals surface area contributed by atoms with Gasteiger partial charge in [-0.05, 0) is 136 Å². The summed E-state index contributed by atoms with van der Waals surface area (Å²) in [5.41, 5.74) is -0.248. The minimum atomic E-state index is -2.53. The molecule has 0 bridgehead atoms. The molecule has 6 aliphatic heterocycles. The van der Waals surface area contributed by atoms with Crippen molar-refractivity contribution in [2.24, 2.45) is 28.6 Å². The Kier molecular flexibility index (Phi) is 13.2. The van der Waals surface area contributed by atoms with E-state index >= 15 is 0 Å². The third-order valence-electron chi connectivity index (χ3n) is 13.3. The summed E-state index contributed by atoms with van der Waals surface area (Å²) >= 11 is 0. The fourth-order valence-corrected chi connectivity index (χ4v) is 9.77. The number of alkyl halides is 4. The molecule has 6 saturated heterocycles. The molecular formula is C39H72F4N6. The van der Waals surface area contributed by atoms with Gasteiger partial charge in [-0.15, -0.1) is 0 Å². The smallest absolute Gasteiger partial charge is 0.268 e. The molecule has 1 atom stereocenters. The van der Waals surface area contributed by atoms with Crippen LogP contribution in [-0.2, 0) is 0 Å². The zero-order valence-corrected chi connectivity index (χ0v) is 32.3. The van der Waals surface area contributed by atoms with Gasteiger partial charge in [-0.1, -0.05) is 20.8 Å². The highest BCUT2D eigenvalue weighted by Gasteiger charge is 2.62. The van der Waals surface area contributed by atoms with Crippen LogP contribution >= 0.6 is 0 Å². The van der Waals surface area contributed by atoms with E-state index in [1.807, 2.05) is 4.90 Å². The highest BCUT2D eigenvalue weighted by atomic mass is 19.3. The van der Waals surface area contributed by atoms with Crippen LogP contribution in [0.2, 0.25) is 0 Å². The molecule has 0 aromatic carbocycles. The molecule has 0 radical (unpaired) electrons. The van der Waals surface area contributed by atoms with Crippen LogP contribution in [-0.4, -0.2) is 158 Å². The van der Waals surface area contributed by atoms with E-state index in [0.717, 1.165) is 52.4 Å². The minimum Gasteiger partial charge on any atom is -0.303 e. The van der Waals surface area contributed by atoms with Crippen LogP contribution in [0.15, 0.2) is 0 Å². The number of likely N-dealkylation sites (tertiary alicyclic amines) is 6. The number of rotatable bonds is 10. The van der Waals surface area contributed by atoms with Crippen LogP contribution in [0.3, 0.4) is 0 Å². The predicted octanol–water partition coefficient (Wildman–Crippen LogP) is 6.57. The highest BCUT2D eigenvalue weighted by molar-refractivity contribution is 5.08. The maximum Gasteiger partial charge on any atom is 0.268 e. The Hall–Kier alpha value is -0.520. The molecular weight excluding hydrogens is 628 g/mol. The lowest BCUT2D eigenvalue weighted by Crippen LogP contribution is -2.71. The van der Waals surface area contributed by atoms with E-state index < -0.39 is 23.2 Å². The van der Waals surface area contributed by atoms with Gasteiger partial charge in [0.05, 0.1) is 18.5 Å². The standard InChI is InChI=1S/C20H37F2N3.C19H35F2N3/c1-16(2)11-24-8-5-18(20(21,22)15-24)12-23-9-6-19(7-10-23)13-25(14-19)17(3)4;1-4-8-22-9-5-17(6-10-22)12-23-11-7-18(19(20,21)15-23)13-24(14-18)16(2)3/h16-18H,5-15H2,1-4H3;16-17H,4-15H2,1-3H3. The molecule has 0 N–H and O–H groups in total. The molecule has 6 nitrogen and oxygen atoms in total. The lowest BCUT2D eigenvalue weighted by Gasteiger charge is -2.59. The van der Waals surface area contributed by atoms with Crippen molar-refractivity contribution in [2.45, 2.75) is 117 Å². The molecule has 6 aliphatic rings. The Bertz CT molecular complexity index is 1010. The molecule has 0 amide bonds. The Balaban J connectivity index is 0.000000191. The van der Waals surface area contributed by atoms with Gasteiger partial charge in [-0.2, -0.15) is 0 Å². The molecule has 6 heterocycles. The molecule has 1 unspecified atom stereocenters. The first-order valence-electron chi connectivity index (χ1n) is 20.2. The van der Waals surface area contributed by atoms with Crippen LogP contribution in [0.4, 0.5) is 17.6 Å². The molecule has 6 rings (SSSR count). The number of piperidine rings is 4. The second kappa shape index (κ2) is 16.2. The summed E-state index contributed by atoms with van der Waals surface area (Å²) in [5, 5.41) is 0. The summed E-state index contributed by atoms with van der Waals surface area (Å²) < 4.78 is 58.9. The van der Waals surface area contributed by atoms with Crippen molar-refractivity contribution in [3.63, 3.8) is 0 Å². The summed E-state index contributed by atoms with van der Waals surface area (Å²) in [6.45, 7) is 28.1. The first kappa shape index (κ1) is 39.7. The van der Waals surface area contributed by atoms with Crippen molar-refractivity contribution >= 4 is 0 Å². The Morgan fingerprint density at radius 2 is 1.16 bits per heavy atom. The lowest BCUT2D eigenvalue weighted by atomic mass is 9.68. The summed E-state index contributed by atoms with van der Waals surface area (Å²) in [6, 6.07) is 1.02. The Morgan fingerprint density at radius 3 is 1.69 bits per heavy atom. The Labute approximate surface area is 297 Å². The van der Waals surface area contributed by atoms with E-state index in [2.05, 4.69) is 73.0 Å². The van der Waals surface area contributed by atoms with E-state index in [1.54, 1.807) is 0 Å². The largest absolute Gasteiger partial charge is 0.303 e. The van der Waals surface area contributed by atoms with Gasteiger partial charge in [-0.3, -0.25) is 19.6 Å². The average Bonchev–Trinajstić information content (AvgIpc) is 2.97. The maximum absolute atomic E-state index is 14.8. The van der Waals surface area contributed by atoms with Crippen LogP contribution in [0.25, 0.3) is 0 Å². The second-order valence-corrected chi connectivity index (χ2v) is 18.4. The monoisotopic (exact) mass is 701 g/mol. The van der Waals surface area contributed by atoms with Gasteiger partial charge in [-0.25, -0.2) is 17.6 Å². The highest BCUT2D eigenvalue weighted by Crippen LogP contribution is 2.51. The first-order chi connectivity index (χ1) is 23.0. The summed E-state index contributed by atoms with van der Waals surface area (Å²) in [4.78, 5) is 13.6. The predicted molar refractivity (Wildman–Crippen MR) is 194 cm³/mol. The Morgan fingerprint density at radius 1 is 0.592 bits per heavy atom. The zero-order chi connectivity index (χ0) is 35.6. The lowest BCUT2D eigenvalue weighted by molar-refractivity contribution is -0.230. The second-order valence-electron chi connectivity index (χ2n) is 18.4. The average molecular weight is 701 g/mol. The first-order valence-corrected chi connectivity index (χ1v) is 20.2. The van der Waals surface area contributed by atoms with Gasteiger partial charge in [0.1, 0.15) is 0 Å². The molecule has 0 aromatic heterocycles. The number of hydrogen-bond acceptors (Lipinski definition) is 6. The van der Waals surface area contributed by atoms with E-state index in [-0.39, 0.29) is 13.1 Å². The van der Waals surface area contributed by atoms with E-state index in [4.69, 9.17) is 0 Å². The van der Waals surface area contributed by atoms with Crippen molar-refractivity contribution < 1.29 is 17.6 Å². The van der Waals surface area contributed by atoms with Gasteiger partial charge >= 0.3 is 0 Å². The molecule has 0 aliphatic carbocycles. The van der Waals surface area contributed by atoms with Crippen LogP contribution in [0.5, 0.6) is 0 Å². The van der Waals surface area contributed by atoms with Gasteiger partial charge < -0.3 is 9.80 Å². The van der Waals surface area contributed by atoms with Crippen molar-refractivity contribution in [3.05, 3.63) is 0 Å². The van der Waals surface area contributed by atoms with Crippen LogP contribution in [0, 0.1) is 28.6 Å². The quantitative estimate of drug-likeness (QED) is 0.239. The third-order valence-corrected chi connectivity index (χ3v) is 13.3. The molecule has 0 aromatic rings. The third kappa shape index (κ3) is 9.73. The topological polar surface area (TPSA) is 19.4 Å². The van der Waals surface area contributed by atoms with E-state index in [0.29, 0.717) is 61.8 Å². The normalized spacial score (nSPS) is 30.1. The molecule has 49 heavy (non-hydrogen) atoms. The van der Waals surface area contributed by atoms with Crippen molar-refractivity contribution in [2.75, 3.05) is 105 Å². The van der Waals surface area contributed by atoms with Crippen LogP contribution < -0.4 is 0 Å². The number of nitrogens with zero attached hydrogens (tertiary/aromatic N) is 6. The van der Waals surface area contributed by atoms with Crippen molar-refractivity contribution in [1.82, 2.24) is 29.4 Å². The molecule has 10 heteroatoms. The van der Waals surface area contributed by atoms with Crippen molar-refractivity contribution in [1.29, 1.82) is 0 Å².